The molecule has 1 fully saturated rings. The molecule has 4 aromatic rings. The van der Waals surface area contributed by atoms with Gasteiger partial charge in [-0.2, -0.15) is 0 Å². The second-order valence-corrected chi connectivity index (χ2v) is 11.7. The molecule has 214 valence electrons. The lowest BCUT2D eigenvalue weighted by molar-refractivity contribution is 0.0207. The number of hydrogen-bond acceptors (Lipinski definition) is 8. The van der Waals surface area contributed by atoms with Crippen molar-refractivity contribution in [1.82, 2.24) is 19.9 Å². The van der Waals surface area contributed by atoms with E-state index >= 15 is 4.39 Å². The van der Waals surface area contributed by atoms with E-state index in [1.165, 1.54) is 13.4 Å². The van der Waals surface area contributed by atoms with Crippen LogP contribution in [0.25, 0.3) is 32.8 Å². The topological polar surface area (TPSA) is 89.9 Å². The molecule has 0 saturated carbocycles. The molecule has 0 bridgehead atoms. The molecule has 4 heterocycles. The van der Waals surface area contributed by atoms with Crippen molar-refractivity contribution in [2.24, 2.45) is 0 Å². The highest BCUT2D eigenvalue weighted by molar-refractivity contribution is 6.37. The number of methoxy groups -OCH3 is 1. The molecule has 9 nitrogen and oxygen atoms in total. The van der Waals surface area contributed by atoms with Crippen LogP contribution in [0, 0.1) is 12.7 Å². The van der Waals surface area contributed by atoms with Gasteiger partial charge in [-0.05, 0) is 44.7 Å². The lowest BCUT2D eigenvalue weighted by Crippen LogP contribution is -2.56. The molecule has 0 N–H and O–H groups in total. The highest BCUT2D eigenvalue weighted by atomic mass is 35.5. The summed E-state index contributed by atoms with van der Waals surface area (Å²) in [4.78, 5) is 29.9. The average molecular weight is 580 g/mol. The molecule has 2 aromatic carbocycles. The van der Waals surface area contributed by atoms with Crippen LogP contribution in [0.15, 0.2) is 30.7 Å². The van der Waals surface area contributed by atoms with Gasteiger partial charge in [-0.3, -0.25) is 0 Å². The number of benzene rings is 2. The summed E-state index contributed by atoms with van der Waals surface area (Å²) >= 11 is 7.06. The summed E-state index contributed by atoms with van der Waals surface area (Å²) < 4.78 is 34.2. The van der Waals surface area contributed by atoms with Gasteiger partial charge in [-0.1, -0.05) is 23.7 Å². The summed E-state index contributed by atoms with van der Waals surface area (Å²) in [5.74, 6) is 0.655. The van der Waals surface area contributed by atoms with E-state index in [0.717, 1.165) is 10.9 Å². The molecule has 11 heteroatoms. The Kier molecular flexibility index (Phi) is 6.76. The van der Waals surface area contributed by atoms with Crippen LogP contribution in [0.5, 0.6) is 11.6 Å². The number of ether oxygens (including phenoxy) is 3. The zero-order valence-corrected chi connectivity index (χ0v) is 24.4. The van der Waals surface area contributed by atoms with E-state index < -0.39 is 11.4 Å². The summed E-state index contributed by atoms with van der Waals surface area (Å²) in [6.45, 7) is 9.08. The zero-order chi connectivity index (χ0) is 29.1. The van der Waals surface area contributed by atoms with Crippen LogP contribution in [0.1, 0.15) is 32.8 Å². The zero-order valence-electron chi connectivity index (χ0n) is 23.6. The molecule has 1 saturated heterocycles. The Morgan fingerprint density at radius 1 is 1.12 bits per heavy atom. The molecule has 0 radical (unpaired) electrons. The maximum atomic E-state index is 16.7. The number of hydrogen-bond donors (Lipinski definition) is 0. The van der Waals surface area contributed by atoms with Crippen LogP contribution in [0.3, 0.4) is 0 Å². The predicted molar refractivity (Wildman–Crippen MR) is 156 cm³/mol. The molecule has 1 amide bonds. The lowest BCUT2D eigenvalue weighted by atomic mass is 9.92. The fourth-order valence-electron chi connectivity index (χ4n) is 5.75. The Morgan fingerprint density at radius 3 is 2.68 bits per heavy atom. The largest absolute Gasteiger partial charge is 0.491 e. The van der Waals surface area contributed by atoms with Gasteiger partial charge in [-0.25, -0.2) is 24.1 Å². The fourth-order valence-corrected chi connectivity index (χ4v) is 6.08. The van der Waals surface area contributed by atoms with Crippen molar-refractivity contribution in [2.75, 3.05) is 38.3 Å². The van der Waals surface area contributed by atoms with E-state index in [1.807, 2.05) is 45.9 Å². The molecule has 2 aliphatic rings. The number of carbonyl (C=O) groups is 1. The third-order valence-electron chi connectivity index (χ3n) is 7.55. The van der Waals surface area contributed by atoms with Crippen molar-refractivity contribution < 1.29 is 23.4 Å². The summed E-state index contributed by atoms with van der Waals surface area (Å²) in [7, 11) is 1.53. The maximum absolute atomic E-state index is 16.7. The SMILES string of the molecule is COc1nccc2ccc(C)c(-c3c(Cl)c4c5c(ncnc5c3F)N3CCN(C(=O)OC(C)(C)C)CC3CCO4)c12. The number of aromatic nitrogens is 3. The second-order valence-electron chi connectivity index (χ2n) is 11.3. The Morgan fingerprint density at radius 2 is 1.93 bits per heavy atom. The second kappa shape index (κ2) is 10.2. The van der Waals surface area contributed by atoms with E-state index in [-0.39, 0.29) is 28.2 Å². The standard InChI is InChI=1S/C30H31ClFN5O4/c1-16-6-7-17-8-10-33-28(39-5)20(17)19(16)21-23(31)26-22-25(24(21)32)34-15-35-27(22)37-12-11-36(14-18(37)9-13-40-26)29(38)41-30(2,3)4/h6-8,10,15,18H,9,11-14H2,1-5H3. The van der Waals surface area contributed by atoms with E-state index in [0.29, 0.717) is 66.4 Å². The molecular weight excluding hydrogens is 549 g/mol. The first-order valence-electron chi connectivity index (χ1n) is 13.5. The molecule has 0 aliphatic carbocycles. The number of anilines is 1. The number of rotatable bonds is 2. The lowest BCUT2D eigenvalue weighted by Gasteiger charge is -2.43. The monoisotopic (exact) mass is 579 g/mol. The molecule has 1 atom stereocenters. The van der Waals surface area contributed by atoms with Gasteiger partial charge >= 0.3 is 6.09 Å². The van der Waals surface area contributed by atoms with Gasteiger partial charge in [0, 0.05) is 43.4 Å². The smallest absolute Gasteiger partial charge is 0.410 e. The number of pyridine rings is 1. The first kappa shape index (κ1) is 27.3. The number of carbonyl (C=O) groups excluding carboxylic acids is 1. The maximum Gasteiger partial charge on any atom is 0.410 e. The third kappa shape index (κ3) is 4.64. The number of nitrogens with zero attached hydrogens (tertiary/aromatic N) is 5. The van der Waals surface area contributed by atoms with Crippen LogP contribution >= 0.6 is 11.6 Å². The predicted octanol–water partition coefficient (Wildman–Crippen LogP) is 6.16. The van der Waals surface area contributed by atoms with Crippen molar-refractivity contribution in [3.63, 3.8) is 0 Å². The first-order chi connectivity index (χ1) is 19.6. The van der Waals surface area contributed by atoms with Crippen LogP contribution in [0.4, 0.5) is 15.0 Å². The van der Waals surface area contributed by atoms with Crippen molar-refractivity contribution >= 4 is 45.2 Å². The summed E-state index contributed by atoms with van der Waals surface area (Å²) in [6, 6.07) is 5.60. The Bertz CT molecular complexity index is 1690. The molecule has 41 heavy (non-hydrogen) atoms. The Labute approximate surface area is 242 Å². The molecule has 6 rings (SSSR count). The number of amides is 1. The van der Waals surface area contributed by atoms with Crippen LogP contribution in [0.2, 0.25) is 5.02 Å². The first-order valence-corrected chi connectivity index (χ1v) is 13.9. The number of piperazine rings is 1. The van der Waals surface area contributed by atoms with Crippen LogP contribution in [-0.2, 0) is 4.74 Å². The van der Waals surface area contributed by atoms with Gasteiger partial charge in [0.05, 0.1) is 35.6 Å². The Balaban J connectivity index is 1.51. The molecular formula is C30H31ClFN5O4. The van der Waals surface area contributed by atoms with Gasteiger partial charge in [0.1, 0.15) is 23.3 Å². The minimum absolute atomic E-state index is 0.110. The fraction of sp³-hybridized carbons (Fsp3) is 0.400. The quantitative estimate of drug-likeness (QED) is 0.279. The normalized spacial score (nSPS) is 17.1. The summed E-state index contributed by atoms with van der Waals surface area (Å²) in [5.41, 5.74) is 1.07. The number of aryl methyl sites for hydroxylation is 1. The number of fused-ring (bicyclic) bond motifs is 3. The minimum atomic E-state index is -0.593. The van der Waals surface area contributed by atoms with Crippen molar-refractivity contribution in [2.45, 2.75) is 45.8 Å². The van der Waals surface area contributed by atoms with E-state index in [9.17, 15) is 4.79 Å². The molecule has 2 aromatic heterocycles. The van der Waals surface area contributed by atoms with Gasteiger partial charge in [0.2, 0.25) is 5.88 Å². The van der Waals surface area contributed by atoms with Crippen LogP contribution in [-0.4, -0.2) is 70.9 Å². The molecule has 0 spiro atoms. The van der Waals surface area contributed by atoms with Gasteiger partial charge in [0.15, 0.2) is 11.6 Å². The van der Waals surface area contributed by atoms with Gasteiger partial charge < -0.3 is 24.0 Å². The van der Waals surface area contributed by atoms with Gasteiger partial charge in [0.25, 0.3) is 0 Å². The van der Waals surface area contributed by atoms with E-state index in [4.69, 9.17) is 25.8 Å². The van der Waals surface area contributed by atoms with Crippen molar-refractivity contribution in [3.8, 4) is 22.8 Å². The average Bonchev–Trinajstić information content (AvgIpc) is 2.93. The molecule has 2 aliphatic heterocycles. The third-order valence-corrected chi connectivity index (χ3v) is 7.91. The summed E-state index contributed by atoms with van der Waals surface area (Å²) in [5, 5.41) is 2.04. The minimum Gasteiger partial charge on any atom is -0.491 e. The van der Waals surface area contributed by atoms with Gasteiger partial charge in [-0.15, -0.1) is 0 Å². The van der Waals surface area contributed by atoms with E-state index in [2.05, 4.69) is 19.9 Å². The summed E-state index contributed by atoms with van der Waals surface area (Å²) in [6.07, 6.45) is 3.25. The highest BCUT2D eigenvalue weighted by Gasteiger charge is 2.37. The van der Waals surface area contributed by atoms with Crippen molar-refractivity contribution in [3.05, 3.63) is 47.1 Å². The highest BCUT2D eigenvalue weighted by Crippen LogP contribution is 2.50. The molecule has 1 unspecified atom stereocenters. The van der Waals surface area contributed by atoms with Crippen LogP contribution < -0.4 is 14.4 Å². The number of halogens is 2. The van der Waals surface area contributed by atoms with Crippen molar-refractivity contribution in [1.29, 1.82) is 0 Å². The van der Waals surface area contributed by atoms with E-state index in [1.54, 1.807) is 11.1 Å². The Hall–Kier alpha value is -3.92.